The fourth-order valence-electron chi connectivity index (χ4n) is 1.35. The fourth-order valence-corrected chi connectivity index (χ4v) is 1.35. The zero-order valence-corrected chi connectivity index (χ0v) is 8.75. The van der Waals surface area contributed by atoms with Crippen molar-refractivity contribution in [2.24, 2.45) is 4.99 Å². The Kier molecular flexibility index (Phi) is 3.96. The highest BCUT2D eigenvalue weighted by Crippen LogP contribution is 2.09. The van der Waals surface area contributed by atoms with Crippen molar-refractivity contribution in [3.63, 3.8) is 0 Å². The largest absolute Gasteiger partial charge is 0.289 e. The molecule has 0 saturated carbocycles. The van der Waals surface area contributed by atoms with Crippen LogP contribution in [0.25, 0.3) is 0 Å². The van der Waals surface area contributed by atoms with Crippen LogP contribution in [0, 0.1) is 0 Å². The summed E-state index contributed by atoms with van der Waals surface area (Å²) in [6, 6.07) is 0. The van der Waals surface area contributed by atoms with Gasteiger partial charge in [0.05, 0.1) is 0 Å². The Labute approximate surface area is 80.5 Å². The molecule has 3 nitrogen and oxygen atoms in total. The Balaban J connectivity index is 2.39. The number of rotatable bonds is 4. The summed E-state index contributed by atoms with van der Waals surface area (Å²) in [6.07, 6.45) is 6.56. The molecule has 0 fully saturated rings. The van der Waals surface area contributed by atoms with E-state index in [0.29, 0.717) is 0 Å². The summed E-state index contributed by atoms with van der Waals surface area (Å²) < 4.78 is 0. The van der Waals surface area contributed by atoms with Gasteiger partial charge >= 0.3 is 0 Å². The Morgan fingerprint density at radius 1 is 1.62 bits per heavy atom. The Morgan fingerprint density at radius 3 is 3.00 bits per heavy atom. The molecule has 74 valence electrons. The monoisotopic (exact) mass is 181 g/mol. The molecule has 0 amide bonds. The first-order chi connectivity index (χ1) is 6.25. The molecule has 0 spiro atoms. The van der Waals surface area contributed by atoms with E-state index in [0.717, 1.165) is 6.54 Å². The molecular formula is C10H19N3. The molecule has 0 saturated heterocycles. The summed E-state index contributed by atoms with van der Waals surface area (Å²) in [7, 11) is 0. The van der Waals surface area contributed by atoms with Gasteiger partial charge in [0.15, 0.2) is 0 Å². The average molecular weight is 181 g/mol. The smallest absolute Gasteiger partial charge is 0.132 e. The summed E-state index contributed by atoms with van der Waals surface area (Å²) >= 11 is 0. The lowest BCUT2D eigenvalue weighted by Crippen LogP contribution is -2.43. The molecule has 0 radical (unpaired) electrons. The summed E-state index contributed by atoms with van der Waals surface area (Å²) in [6.45, 7) is 7.41. The zero-order valence-electron chi connectivity index (χ0n) is 8.75. The number of hydrogen-bond acceptors (Lipinski definition) is 3. The quantitative estimate of drug-likeness (QED) is 0.671. The van der Waals surface area contributed by atoms with Crippen molar-refractivity contribution in [1.29, 1.82) is 0 Å². The van der Waals surface area contributed by atoms with E-state index in [1.54, 1.807) is 0 Å². The van der Waals surface area contributed by atoms with Crippen LogP contribution in [0.4, 0.5) is 0 Å². The van der Waals surface area contributed by atoms with Crippen molar-refractivity contribution in [2.45, 2.75) is 39.8 Å². The molecule has 0 aromatic heterocycles. The number of hydrogen-bond donors (Lipinski definition) is 1. The van der Waals surface area contributed by atoms with Crippen LogP contribution in [0.1, 0.15) is 33.6 Å². The second-order valence-corrected chi connectivity index (χ2v) is 3.37. The molecule has 1 unspecified atom stereocenters. The molecule has 0 aliphatic carbocycles. The van der Waals surface area contributed by atoms with Gasteiger partial charge in [0.1, 0.15) is 6.17 Å². The van der Waals surface area contributed by atoms with Crippen molar-refractivity contribution in [1.82, 2.24) is 10.4 Å². The van der Waals surface area contributed by atoms with E-state index < -0.39 is 0 Å². The fraction of sp³-hybridized carbons (Fsp3) is 0.700. The van der Waals surface area contributed by atoms with Gasteiger partial charge < -0.3 is 0 Å². The summed E-state index contributed by atoms with van der Waals surface area (Å²) in [5.74, 6) is 0. The standard InChI is InChI=1S/C10H19N3/c1-4-5-7-12-13-9(2)6-8-11-10(13)3/h6,8,10,12H,4-5,7H2,1-3H3. The number of unbranched alkanes of at least 4 members (excludes halogenated alkanes) is 1. The number of nitrogens with zero attached hydrogens (tertiary/aromatic N) is 2. The van der Waals surface area contributed by atoms with Crippen molar-refractivity contribution in [3.05, 3.63) is 11.8 Å². The molecule has 0 bridgehead atoms. The van der Waals surface area contributed by atoms with Crippen LogP contribution in [0.2, 0.25) is 0 Å². The van der Waals surface area contributed by atoms with Crippen LogP contribution in [0.15, 0.2) is 16.8 Å². The normalized spacial score (nSPS) is 21.9. The molecule has 1 atom stereocenters. The molecule has 13 heavy (non-hydrogen) atoms. The van der Waals surface area contributed by atoms with Crippen LogP contribution in [0.5, 0.6) is 0 Å². The molecule has 1 N–H and O–H groups in total. The molecule has 1 heterocycles. The lowest BCUT2D eigenvalue weighted by Gasteiger charge is -2.31. The van der Waals surface area contributed by atoms with Gasteiger partial charge in [-0.25, -0.2) is 5.43 Å². The number of hydrazine groups is 1. The molecule has 3 heteroatoms. The van der Waals surface area contributed by atoms with E-state index >= 15 is 0 Å². The summed E-state index contributed by atoms with van der Waals surface area (Å²) in [5.41, 5.74) is 4.61. The SMILES string of the molecule is CCCCNN1C(C)=CC=NC1C. The van der Waals surface area contributed by atoms with E-state index in [1.165, 1.54) is 18.5 Å². The van der Waals surface area contributed by atoms with Gasteiger partial charge in [0.25, 0.3) is 0 Å². The van der Waals surface area contributed by atoms with Crippen LogP contribution in [-0.2, 0) is 0 Å². The van der Waals surface area contributed by atoms with Crippen LogP contribution in [-0.4, -0.2) is 23.9 Å². The van der Waals surface area contributed by atoms with E-state index in [4.69, 9.17) is 0 Å². The Morgan fingerprint density at radius 2 is 2.38 bits per heavy atom. The highest BCUT2D eigenvalue weighted by molar-refractivity contribution is 5.72. The third-order valence-electron chi connectivity index (χ3n) is 2.18. The minimum atomic E-state index is 0.224. The minimum absolute atomic E-state index is 0.224. The lowest BCUT2D eigenvalue weighted by atomic mass is 10.3. The maximum absolute atomic E-state index is 4.30. The number of nitrogens with one attached hydrogen (secondary N) is 1. The first-order valence-corrected chi connectivity index (χ1v) is 4.98. The lowest BCUT2D eigenvalue weighted by molar-refractivity contribution is 0.187. The topological polar surface area (TPSA) is 27.6 Å². The van der Waals surface area contributed by atoms with Crippen molar-refractivity contribution in [2.75, 3.05) is 6.54 Å². The van der Waals surface area contributed by atoms with Gasteiger partial charge in [0, 0.05) is 18.5 Å². The van der Waals surface area contributed by atoms with Gasteiger partial charge in [-0.1, -0.05) is 13.3 Å². The first-order valence-electron chi connectivity index (χ1n) is 4.98. The molecule has 0 aromatic carbocycles. The highest BCUT2D eigenvalue weighted by Gasteiger charge is 2.13. The van der Waals surface area contributed by atoms with Gasteiger partial charge in [0.2, 0.25) is 0 Å². The van der Waals surface area contributed by atoms with Crippen molar-refractivity contribution >= 4 is 6.21 Å². The van der Waals surface area contributed by atoms with Crippen molar-refractivity contribution in [3.8, 4) is 0 Å². The van der Waals surface area contributed by atoms with Gasteiger partial charge in [-0.05, 0) is 26.3 Å². The summed E-state index contributed by atoms with van der Waals surface area (Å²) in [5, 5.41) is 2.12. The molecule has 1 aliphatic rings. The minimum Gasteiger partial charge on any atom is -0.289 e. The van der Waals surface area contributed by atoms with Crippen molar-refractivity contribution < 1.29 is 0 Å². The Bertz CT molecular complexity index is 208. The average Bonchev–Trinajstić information content (AvgIpc) is 2.10. The van der Waals surface area contributed by atoms with E-state index in [1.807, 2.05) is 12.3 Å². The van der Waals surface area contributed by atoms with E-state index in [2.05, 4.69) is 36.2 Å². The van der Waals surface area contributed by atoms with Crippen LogP contribution in [0.3, 0.4) is 0 Å². The maximum atomic E-state index is 4.30. The third kappa shape index (κ3) is 2.84. The van der Waals surface area contributed by atoms with Crippen LogP contribution >= 0.6 is 0 Å². The first kappa shape index (κ1) is 10.3. The van der Waals surface area contributed by atoms with Gasteiger partial charge in [-0.3, -0.25) is 10.0 Å². The van der Waals surface area contributed by atoms with Gasteiger partial charge in [-0.15, -0.1) is 0 Å². The third-order valence-corrected chi connectivity index (χ3v) is 2.18. The van der Waals surface area contributed by atoms with Crippen LogP contribution < -0.4 is 5.43 Å². The summed E-state index contributed by atoms with van der Waals surface area (Å²) in [4.78, 5) is 4.30. The molecule has 0 aromatic rings. The van der Waals surface area contributed by atoms with Gasteiger partial charge in [-0.2, -0.15) is 0 Å². The molecule has 1 rings (SSSR count). The zero-order chi connectivity index (χ0) is 9.68. The second kappa shape index (κ2) is 5.02. The number of allylic oxidation sites excluding steroid dienone is 2. The number of aliphatic imine (C=N–C) groups is 1. The molecular weight excluding hydrogens is 162 g/mol. The van der Waals surface area contributed by atoms with E-state index in [9.17, 15) is 0 Å². The maximum Gasteiger partial charge on any atom is 0.132 e. The van der Waals surface area contributed by atoms with E-state index in [-0.39, 0.29) is 6.17 Å². The second-order valence-electron chi connectivity index (χ2n) is 3.37. The predicted molar refractivity (Wildman–Crippen MR) is 56.5 cm³/mol. The Hall–Kier alpha value is -0.830. The highest BCUT2D eigenvalue weighted by atomic mass is 15.5. The predicted octanol–water partition coefficient (Wildman–Crippen LogP) is 1.93. The molecule has 1 aliphatic heterocycles.